The Morgan fingerprint density at radius 1 is 1.23 bits per heavy atom. The third-order valence-corrected chi connectivity index (χ3v) is 5.11. The van der Waals surface area contributed by atoms with Crippen LogP contribution in [0.2, 0.25) is 0 Å². The smallest absolute Gasteiger partial charge is 0.275 e. The Kier molecular flexibility index (Phi) is 4.93. The van der Waals surface area contributed by atoms with Gasteiger partial charge in [-0.25, -0.2) is 4.98 Å². The number of hydrogen-bond acceptors (Lipinski definition) is 5. The molecule has 1 aromatic heterocycles. The maximum Gasteiger partial charge on any atom is 0.275 e. The zero-order valence-electron chi connectivity index (χ0n) is 15.2. The molecular weight excluding hydrogens is 330 g/mol. The molecule has 0 bridgehead atoms. The number of methoxy groups -OCH3 is 1. The van der Waals surface area contributed by atoms with E-state index in [2.05, 4.69) is 22.0 Å². The Bertz CT molecular complexity index is 746. The van der Waals surface area contributed by atoms with Gasteiger partial charge in [0.2, 0.25) is 5.89 Å². The number of amides is 1. The van der Waals surface area contributed by atoms with Crippen molar-refractivity contribution < 1.29 is 13.9 Å². The van der Waals surface area contributed by atoms with Crippen molar-refractivity contribution in [3.63, 3.8) is 0 Å². The molecule has 0 unspecified atom stereocenters. The molecule has 1 amide bonds. The largest absolute Gasteiger partial charge is 0.497 e. The van der Waals surface area contributed by atoms with Crippen molar-refractivity contribution in [2.45, 2.75) is 44.8 Å². The molecule has 1 aromatic carbocycles. The molecular formula is C20H25N3O3. The van der Waals surface area contributed by atoms with Gasteiger partial charge in [0.05, 0.1) is 13.7 Å². The summed E-state index contributed by atoms with van der Waals surface area (Å²) in [7, 11) is 1.68. The first-order chi connectivity index (χ1) is 12.7. The van der Waals surface area contributed by atoms with Gasteiger partial charge in [0.1, 0.15) is 12.0 Å². The maximum atomic E-state index is 12.4. The summed E-state index contributed by atoms with van der Waals surface area (Å²) in [6.07, 6.45) is 6.07. The van der Waals surface area contributed by atoms with Gasteiger partial charge in [-0.1, -0.05) is 12.1 Å². The van der Waals surface area contributed by atoms with E-state index in [4.69, 9.17) is 9.15 Å². The second kappa shape index (κ2) is 7.50. The summed E-state index contributed by atoms with van der Waals surface area (Å²) >= 11 is 0. The number of carbonyl (C=O) groups excluding carboxylic acids is 1. The first-order valence-corrected chi connectivity index (χ1v) is 9.33. The molecule has 26 heavy (non-hydrogen) atoms. The van der Waals surface area contributed by atoms with Gasteiger partial charge in [0.25, 0.3) is 5.91 Å². The number of oxazole rings is 1. The van der Waals surface area contributed by atoms with Crippen molar-refractivity contribution >= 4 is 5.91 Å². The molecule has 138 valence electrons. The first-order valence-electron chi connectivity index (χ1n) is 9.33. The van der Waals surface area contributed by atoms with E-state index in [0.29, 0.717) is 24.2 Å². The van der Waals surface area contributed by atoms with Crippen LogP contribution in [0.5, 0.6) is 5.75 Å². The lowest BCUT2D eigenvalue weighted by atomic mass is 10.2. The van der Waals surface area contributed by atoms with Crippen LogP contribution < -0.4 is 4.74 Å². The van der Waals surface area contributed by atoms with Crippen LogP contribution >= 0.6 is 0 Å². The van der Waals surface area contributed by atoms with Crippen LogP contribution in [-0.4, -0.2) is 46.9 Å². The van der Waals surface area contributed by atoms with Crippen molar-refractivity contribution in [3.05, 3.63) is 47.7 Å². The topological polar surface area (TPSA) is 58.8 Å². The van der Waals surface area contributed by atoms with E-state index in [1.807, 2.05) is 17.0 Å². The average molecular weight is 355 g/mol. The standard InChI is InChI=1S/C20H25N3O3/c1-25-17-8-4-15(5-9-17)12-23(16-6-7-16)13-19-21-18(14-26-19)20(24)22-10-2-3-11-22/h4-5,8-9,14,16H,2-3,6-7,10-13H2,1H3. The second-order valence-electron chi connectivity index (χ2n) is 7.11. The quantitative estimate of drug-likeness (QED) is 0.764. The lowest BCUT2D eigenvalue weighted by molar-refractivity contribution is 0.0787. The van der Waals surface area contributed by atoms with E-state index in [1.54, 1.807) is 7.11 Å². The van der Waals surface area contributed by atoms with Crippen molar-refractivity contribution in [3.8, 4) is 5.75 Å². The summed E-state index contributed by atoms with van der Waals surface area (Å²) < 4.78 is 10.8. The van der Waals surface area contributed by atoms with E-state index in [0.717, 1.165) is 38.2 Å². The number of rotatable bonds is 7. The predicted octanol–water partition coefficient (Wildman–Crippen LogP) is 3.08. The minimum Gasteiger partial charge on any atom is -0.497 e. The Morgan fingerprint density at radius 3 is 2.62 bits per heavy atom. The van der Waals surface area contributed by atoms with Gasteiger partial charge in [0, 0.05) is 25.7 Å². The Balaban J connectivity index is 1.41. The summed E-state index contributed by atoms with van der Waals surface area (Å²) in [5, 5.41) is 0. The van der Waals surface area contributed by atoms with Gasteiger partial charge in [-0.2, -0.15) is 0 Å². The van der Waals surface area contributed by atoms with Crippen molar-refractivity contribution in [1.29, 1.82) is 0 Å². The highest BCUT2D eigenvalue weighted by Crippen LogP contribution is 2.30. The number of benzene rings is 1. The molecule has 2 aliphatic rings. The summed E-state index contributed by atoms with van der Waals surface area (Å²) in [6.45, 7) is 3.12. The molecule has 2 fully saturated rings. The lowest BCUT2D eigenvalue weighted by Crippen LogP contribution is -2.28. The predicted molar refractivity (Wildman–Crippen MR) is 96.9 cm³/mol. The SMILES string of the molecule is COc1ccc(CN(Cc2nc(C(=O)N3CCCC3)co2)C2CC2)cc1. The molecule has 6 nitrogen and oxygen atoms in total. The molecule has 1 saturated heterocycles. The number of carbonyl (C=O) groups is 1. The fourth-order valence-electron chi connectivity index (χ4n) is 3.46. The van der Waals surface area contributed by atoms with Crippen LogP contribution in [0.25, 0.3) is 0 Å². The van der Waals surface area contributed by atoms with Crippen LogP contribution in [0.4, 0.5) is 0 Å². The Morgan fingerprint density at radius 2 is 1.96 bits per heavy atom. The van der Waals surface area contributed by atoms with Crippen LogP contribution in [0.15, 0.2) is 34.9 Å². The molecule has 0 atom stereocenters. The number of ether oxygens (including phenoxy) is 1. The molecule has 1 aliphatic carbocycles. The van der Waals surface area contributed by atoms with Crippen molar-refractivity contribution in [2.75, 3.05) is 20.2 Å². The highest BCUT2D eigenvalue weighted by Gasteiger charge is 2.30. The number of likely N-dealkylation sites (tertiary alicyclic amines) is 1. The van der Waals surface area contributed by atoms with E-state index in [-0.39, 0.29) is 5.91 Å². The lowest BCUT2D eigenvalue weighted by Gasteiger charge is -2.20. The van der Waals surface area contributed by atoms with E-state index < -0.39 is 0 Å². The zero-order chi connectivity index (χ0) is 17.9. The molecule has 4 rings (SSSR count). The van der Waals surface area contributed by atoms with Gasteiger partial charge in [-0.15, -0.1) is 0 Å². The van der Waals surface area contributed by atoms with Crippen molar-refractivity contribution in [2.24, 2.45) is 0 Å². The van der Waals surface area contributed by atoms with Crippen LogP contribution in [0.1, 0.15) is 47.6 Å². The van der Waals surface area contributed by atoms with E-state index >= 15 is 0 Å². The normalized spacial score (nSPS) is 17.1. The molecule has 0 radical (unpaired) electrons. The average Bonchev–Trinajstić information content (AvgIpc) is 3.18. The molecule has 0 spiro atoms. The summed E-state index contributed by atoms with van der Waals surface area (Å²) in [6, 6.07) is 8.72. The summed E-state index contributed by atoms with van der Waals surface area (Å²) in [4.78, 5) is 21.1. The third kappa shape index (κ3) is 3.90. The highest BCUT2D eigenvalue weighted by atomic mass is 16.5. The molecule has 0 N–H and O–H groups in total. The Labute approximate surface area is 153 Å². The van der Waals surface area contributed by atoms with E-state index in [1.165, 1.54) is 24.7 Å². The van der Waals surface area contributed by atoms with Gasteiger partial charge in [0.15, 0.2) is 5.69 Å². The van der Waals surface area contributed by atoms with Crippen molar-refractivity contribution in [1.82, 2.24) is 14.8 Å². The van der Waals surface area contributed by atoms with Crippen LogP contribution in [0, 0.1) is 0 Å². The molecule has 1 saturated carbocycles. The number of nitrogens with zero attached hydrogens (tertiary/aromatic N) is 3. The maximum absolute atomic E-state index is 12.4. The van der Waals surface area contributed by atoms with Gasteiger partial charge in [-0.3, -0.25) is 9.69 Å². The fraction of sp³-hybridized carbons (Fsp3) is 0.500. The highest BCUT2D eigenvalue weighted by molar-refractivity contribution is 5.92. The van der Waals surface area contributed by atoms with Crippen LogP contribution in [-0.2, 0) is 13.1 Å². The summed E-state index contributed by atoms with van der Waals surface area (Å²) in [5.74, 6) is 1.48. The van der Waals surface area contributed by atoms with E-state index in [9.17, 15) is 4.79 Å². The minimum absolute atomic E-state index is 0.00868. The third-order valence-electron chi connectivity index (χ3n) is 5.11. The van der Waals surface area contributed by atoms with Gasteiger partial charge >= 0.3 is 0 Å². The number of aromatic nitrogens is 1. The molecule has 1 aliphatic heterocycles. The Hall–Kier alpha value is -2.34. The van der Waals surface area contributed by atoms with Gasteiger partial charge < -0.3 is 14.1 Å². The monoisotopic (exact) mass is 355 g/mol. The first kappa shape index (κ1) is 17.1. The molecule has 2 heterocycles. The summed E-state index contributed by atoms with van der Waals surface area (Å²) in [5.41, 5.74) is 1.67. The zero-order valence-corrected chi connectivity index (χ0v) is 15.2. The van der Waals surface area contributed by atoms with Crippen LogP contribution in [0.3, 0.4) is 0 Å². The fourth-order valence-corrected chi connectivity index (χ4v) is 3.46. The molecule has 6 heteroatoms. The van der Waals surface area contributed by atoms with Gasteiger partial charge in [-0.05, 0) is 43.4 Å². The molecule has 2 aromatic rings. The number of hydrogen-bond donors (Lipinski definition) is 0. The second-order valence-corrected chi connectivity index (χ2v) is 7.11. The minimum atomic E-state index is -0.00868.